The van der Waals surface area contributed by atoms with Gasteiger partial charge in [0, 0.05) is 7.05 Å². The predicted molar refractivity (Wildman–Crippen MR) is 92.0 cm³/mol. The second-order valence-electron chi connectivity index (χ2n) is 7.62. The van der Waals surface area contributed by atoms with Crippen molar-refractivity contribution in [2.24, 2.45) is 23.7 Å². The molecule has 1 aromatic carbocycles. The minimum absolute atomic E-state index is 0.0930. The number of allylic oxidation sites excluding steroid dienone is 2. The zero-order valence-electron chi connectivity index (χ0n) is 15.1. The number of amides is 3. The van der Waals surface area contributed by atoms with Gasteiger partial charge < -0.3 is 4.90 Å². The third kappa shape index (κ3) is 2.67. The van der Waals surface area contributed by atoms with Crippen LogP contribution in [0.3, 0.4) is 0 Å². The average molecular weight is 374 g/mol. The lowest BCUT2D eigenvalue weighted by Gasteiger charge is -2.27. The Balaban J connectivity index is 1.46. The summed E-state index contributed by atoms with van der Waals surface area (Å²) in [6, 6.07) is 2.94. The second-order valence-corrected chi connectivity index (χ2v) is 7.62. The van der Waals surface area contributed by atoms with Gasteiger partial charge in [-0.25, -0.2) is 8.78 Å². The first-order valence-corrected chi connectivity index (χ1v) is 9.03. The highest BCUT2D eigenvalue weighted by molar-refractivity contribution is 6.08. The number of halogens is 2. The third-order valence-corrected chi connectivity index (χ3v) is 6.26. The van der Waals surface area contributed by atoms with Crippen LogP contribution in [0.1, 0.15) is 24.9 Å². The molecule has 7 heteroatoms. The fraction of sp³-hybridized carbons (Fsp3) is 0.450. The molecular weight excluding hydrogens is 354 g/mol. The van der Waals surface area contributed by atoms with Crippen molar-refractivity contribution in [2.75, 3.05) is 13.6 Å². The van der Waals surface area contributed by atoms with Gasteiger partial charge in [-0.15, -0.1) is 0 Å². The quantitative estimate of drug-likeness (QED) is 0.600. The number of nitrogens with zero attached hydrogens (tertiary/aromatic N) is 2. The van der Waals surface area contributed by atoms with Crippen molar-refractivity contribution < 1.29 is 23.2 Å². The molecule has 27 heavy (non-hydrogen) atoms. The Morgan fingerprint density at radius 2 is 1.74 bits per heavy atom. The first-order chi connectivity index (χ1) is 12.8. The van der Waals surface area contributed by atoms with E-state index >= 15 is 0 Å². The van der Waals surface area contributed by atoms with E-state index in [1.807, 2.05) is 12.2 Å². The van der Waals surface area contributed by atoms with E-state index in [0.717, 1.165) is 23.5 Å². The summed E-state index contributed by atoms with van der Waals surface area (Å²) in [4.78, 5) is 40.4. The standard InChI is InChI=1S/C20H20F2N2O3/c1-10(11-5-6-14(21)15(22)8-11)23(2)16(25)9-24-19(26)17-12-3-4-13(7-12)18(17)20(24)27/h3-6,8,10,12-13,17-18H,7,9H2,1-2H3/t10-,12-,13-,17-,18+/m0/s1. The summed E-state index contributed by atoms with van der Waals surface area (Å²) in [7, 11) is 1.52. The Labute approximate surface area is 155 Å². The molecule has 1 aromatic rings. The molecule has 3 amide bonds. The Morgan fingerprint density at radius 3 is 2.30 bits per heavy atom. The fourth-order valence-electron chi connectivity index (χ4n) is 4.58. The zero-order valence-corrected chi connectivity index (χ0v) is 15.1. The molecule has 1 saturated carbocycles. The van der Waals surface area contributed by atoms with Crippen molar-refractivity contribution in [2.45, 2.75) is 19.4 Å². The highest BCUT2D eigenvalue weighted by Crippen LogP contribution is 2.52. The predicted octanol–water partition coefficient (Wildman–Crippen LogP) is 2.29. The zero-order chi connectivity index (χ0) is 19.5. The summed E-state index contributed by atoms with van der Waals surface area (Å²) in [6.45, 7) is 1.35. The molecular formula is C20H20F2N2O3. The van der Waals surface area contributed by atoms with Crippen LogP contribution in [0.5, 0.6) is 0 Å². The summed E-state index contributed by atoms with van der Waals surface area (Å²) >= 11 is 0. The highest BCUT2D eigenvalue weighted by atomic mass is 19.2. The van der Waals surface area contributed by atoms with Crippen molar-refractivity contribution in [1.82, 2.24) is 9.80 Å². The molecule has 0 radical (unpaired) electrons. The van der Waals surface area contributed by atoms with E-state index in [4.69, 9.17) is 0 Å². The minimum atomic E-state index is -0.985. The minimum Gasteiger partial charge on any atom is -0.337 e. The lowest BCUT2D eigenvalue weighted by atomic mass is 9.85. The maximum absolute atomic E-state index is 13.5. The first-order valence-electron chi connectivity index (χ1n) is 9.03. The lowest BCUT2D eigenvalue weighted by molar-refractivity contribution is -0.147. The molecule has 3 aliphatic rings. The molecule has 5 nitrogen and oxygen atoms in total. The summed E-state index contributed by atoms with van der Waals surface area (Å²) in [5.41, 5.74) is 0.433. The highest BCUT2D eigenvalue weighted by Gasteiger charge is 2.59. The number of carbonyl (C=O) groups excluding carboxylic acids is 3. The Bertz CT molecular complexity index is 839. The van der Waals surface area contributed by atoms with Crippen LogP contribution in [0.25, 0.3) is 0 Å². The van der Waals surface area contributed by atoms with Crippen LogP contribution in [-0.4, -0.2) is 41.1 Å². The number of hydrogen-bond acceptors (Lipinski definition) is 3. The molecule has 142 valence electrons. The smallest absolute Gasteiger partial charge is 0.242 e. The van der Waals surface area contributed by atoms with E-state index in [0.29, 0.717) is 5.56 Å². The van der Waals surface area contributed by atoms with Gasteiger partial charge in [0.2, 0.25) is 17.7 Å². The monoisotopic (exact) mass is 374 g/mol. The molecule has 0 aromatic heterocycles. The molecule has 2 fully saturated rings. The summed E-state index contributed by atoms with van der Waals surface area (Å²) in [5, 5.41) is 0. The second kappa shape index (κ2) is 6.25. The first kappa shape index (κ1) is 17.8. The van der Waals surface area contributed by atoms with Crippen LogP contribution in [0, 0.1) is 35.3 Å². The number of likely N-dealkylation sites (tertiary alicyclic amines) is 1. The van der Waals surface area contributed by atoms with Crippen molar-refractivity contribution in [1.29, 1.82) is 0 Å². The van der Waals surface area contributed by atoms with Crippen molar-refractivity contribution in [3.8, 4) is 0 Å². The molecule has 0 unspecified atom stereocenters. The molecule has 0 spiro atoms. The van der Waals surface area contributed by atoms with Crippen LogP contribution in [0.4, 0.5) is 8.78 Å². The largest absolute Gasteiger partial charge is 0.337 e. The molecule has 2 bridgehead atoms. The Hall–Kier alpha value is -2.57. The summed E-state index contributed by atoms with van der Waals surface area (Å²) < 4.78 is 26.6. The van der Waals surface area contributed by atoms with E-state index in [-0.39, 0.29) is 42.0 Å². The lowest BCUT2D eigenvalue weighted by Crippen LogP contribution is -2.43. The van der Waals surface area contributed by atoms with E-state index < -0.39 is 23.6 Å². The average Bonchev–Trinajstić information content (AvgIpc) is 3.32. The van der Waals surface area contributed by atoms with Crippen LogP contribution in [0.2, 0.25) is 0 Å². The molecule has 2 aliphatic carbocycles. The van der Waals surface area contributed by atoms with Crippen LogP contribution < -0.4 is 0 Å². The van der Waals surface area contributed by atoms with Crippen molar-refractivity contribution in [3.63, 3.8) is 0 Å². The maximum atomic E-state index is 13.5. The molecule has 4 rings (SSSR count). The number of imide groups is 1. The molecule has 5 atom stereocenters. The Kier molecular flexibility index (Phi) is 4.13. The third-order valence-electron chi connectivity index (χ3n) is 6.26. The van der Waals surface area contributed by atoms with Gasteiger partial charge in [-0.3, -0.25) is 19.3 Å². The van der Waals surface area contributed by atoms with Gasteiger partial charge in [0.25, 0.3) is 0 Å². The van der Waals surface area contributed by atoms with Crippen molar-refractivity contribution >= 4 is 17.7 Å². The van der Waals surface area contributed by atoms with Gasteiger partial charge in [0.1, 0.15) is 6.54 Å². The summed E-state index contributed by atoms with van der Waals surface area (Å²) in [5.74, 6) is -3.40. The molecule has 0 N–H and O–H groups in total. The Morgan fingerprint density at radius 1 is 1.15 bits per heavy atom. The van der Waals surface area contributed by atoms with Crippen LogP contribution >= 0.6 is 0 Å². The number of fused-ring (bicyclic) bond motifs is 5. The van der Waals surface area contributed by atoms with Gasteiger partial charge in [-0.1, -0.05) is 18.2 Å². The molecule has 1 aliphatic heterocycles. The topological polar surface area (TPSA) is 57.7 Å². The number of rotatable bonds is 4. The number of benzene rings is 1. The van der Waals surface area contributed by atoms with Crippen molar-refractivity contribution in [3.05, 3.63) is 47.5 Å². The maximum Gasteiger partial charge on any atom is 0.242 e. The summed E-state index contributed by atoms with van der Waals surface area (Å²) in [6.07, 6.45) is 4.83. The van der Waals surface area contributed by atoms with E-state index in [9.17, 15) is 23.2 Å². The van der Waals surface area contributed by atoms with E-state index in [2.05, 4.69) is 0 Å². The number of carbonyl (C=O) groups is 3. The van der Waals surface area contributed by atoms with E-state index in [1.165, 1.54) is 18.0 Å². The van der Waals surface area contributed by atoms with Crippen LogP contribution in [-0.2, 0) is 14.4 Å². The van der Waals surface area contributed by atoms with E-state index in [1.54, 1.807) is 6.92 Å². The van der Waals surface area contributed by atoms with Gasteiger partial charge in [0.05, 0.1) is 17.9 Å². The normalized spacial score (nSPS) is 29.4. The van der Waals surface area contributed by atoms with Gasteiger partial charge in [0.15, 0.2) is 11.6 Å². The SMILES string of the molecule is C[C@@H](c1ccc(F)c(F)c1)N(C)C(=O)CN1C(=O)[C@@H]2[C@H](C1=O)[C@H]1C=C[C@H]2C1. The number of hydrogen-bond donors (Lipinski definition) is 0. The van der Waals surface area contributed by atoms with Gasteiger partial charge >= 0.3 is 0 Å². The fourth-order valence-corrected chi connectivity index (χ4v) is 4.58. The number of likely N-dealkylation sites (N-methyl/N-ethyl adjacent to an activating group) is 1. The molecule has 1 heterocycles. The van der Waals surface area contributed by atoms with Gasteiger partial charge in [-0.05, 0) is 42.9 Å². The molecule has 1 saturated heterocycles. The van der Waals surface area contributed by atoms with Gasteiger partial charge in [-0.2, -0.15) is 0 Å². The van der Waals surface area contributed by atoms with Crippen LogP contribution in [0.15, 0.2) is 30.4 Å².